The summed E-state index contributed by atoms with van der Waals surface area (Å²) in [4.78, 5) is 31.4. The first-order chi connectivity index (χ1) is 27.6. The number of aromatic nitrogens is 5. The predicted molar refractivity (Wildman–Crippen MR) is 227 cm³/mol. The minimum atomic E-state index is -0.291. The molecule has 2 N–H and O–H groups in total. The van der Waals surface area contributed by atoms with Gasteiger partial charge in [-0.3, -0.25) is 10.1 Å². The average molecular weight is 725 g/mol. The molecule has 8 nitrogen and oxygen atoms in total. The summed E-state index contributed by atoms with van der Waals surface area (Å²) in [6.45, 7) is 0. The molecule has 0 fully saturated rings. The van der Waals surface area contributed by atoms with Crippen LogP contribution in [0.5, 0.6) is 0 Å². The molecular formula is C48H32N6O2. The van der Waals surface area contributed by atoms with Gasteiger partial charge in [0, 0.05) is 45.7 Å². The third-order valence-electron chi connectivity index (χ3n) is 10.3. The Morgan fingerprint density at radius 2 is 0.821 bits per heavy atom. The normalized spacial score (nSPS) is 11.9. The number of nitro groups is 1. The Balaban J connectivity index is 1.49. The fraction of sp³-hybridized carbons (Fsp3) is 0. The third-order valence-corrected chi connectivity index (χ3v) is 10.3. The van der Waals surface area contributed by atoms with E-state index in [4.69, 9.17) is 9.97 Å². The van der Waals surface area contributed by atoms with Gasteiger partial charge in [-0.1, -0.05) is 121 Å². The number of hydrogen-bond donors (Lipinski definition) is 2. The van der Waals surface area contributed by atoms with Crippen molar-refractivity contribution in [3.8, 4) is 50.2 Å². The zero-order valence-electron chi connectivity index (χ0n) is 29.9. The van der Waals surface area contributed by atoms with Crippen LogP contribution in [0.25, 0.3) is 96.6 Å². The van der Waals surface area contributed by atoms with Crippen LogP contribution in [0, 0.1) is 10.1 Å². The van der Waals surface area contributed by atoms with Crippen molar-refractivity contribution in [1.29, 1.82) is 0 Å². The number of nitrogens with one attached hydrogen (secondary N) is 2. The molecule has 0 amide bonds. The van der Waals surface area contributed by atoms with Crippen molar-refractivity contribution < 1.29 is 4.92 Å². The molecule has 266 valence electrons. The Morgan fingerprint density at radius 1 is 0.446 bits per heavy atom. The lowest BCUT2D eigenvalue weighted by Crippen LogP contribution is -1.97. The van der Waals surface area contributed by atoms with E-state index in [0.29, 0.717) is 33.7 Å². The minimum absolute atomic E-state index is 0.0680. The largest absolute Gasteiger partial charge is 0.354 e. The maximum Gasteiger partial charge on any atom is 0.319 e. The number of benzene rings is 4. The predicted octanol–water partition coefficient (Wildman–Crippen LogP) is 12.0. The summed E-state index contributed by atoms with van der Waals surface area (Å²) in [6.07, 6.45) is 11.7. The fourth-order valence-corrected chi connectivity index (χ4v) is 7.87. The second-order valence-electron chi connectivity index (χ2n) is 13.6. The second-order valence-corrected chi connectivity index (χ2v) is 13.6. The summed E-state index contributed by atoms with van der Waals surface area (Å²) in [5, 5.41) is 13.6. The molecule has 0 aliphatic carbocycles. The molecule has 0 radical (unpaired) electrons. The molecule has 10 rings (SSSR count). The van der Waals surface area contributed by atoms with Crippen LogP contribution < -0.4 is 0 Å². The highest BCUT2D eigenvalue weighted by molar-refractivity contribution is 6.06. The molecule has 8 heteroatoms. The summed E-state index contributed by atoms with van der Waals surface area (Å²) < 4.78 is 1.81. The van der Waals surface area contributed by atoms with E-state index in [-0.39, 0.29) is 10.6 Å². The van der Waals surface area contributed by atoms with E-state index in [0.717, 1.165) is 61.4 Å². The molecule has 0 atom stereocenters. The zero-order chi connectivity index (χ0) is 37.6. The molecule has 0 saturated heterocycles. The number of nitrogens with zero attached hydrogens (tertiary/aromatic N) is 4. The standard InChI is InChI=1S/C48H32N6O2/c55-54(56)48-46-44(34-21-11-4-12-22-34)40-28-26-38(51-40)42(32-17-7-2-8-18-32)36-24-23-35(49-36)41(31-15-5-1-6-16-31)37-25-27-39(50-37)43(33-19-9-3-10-20-33)45(52-46)47(48)53-29-13-14-30-53/h1-30,49,52H. The summed E-state index contributed by atoms with van der Waals surface area (Å²) in [5.41, 5.74) is 12.6. The van der Waals surface area contributed by atoms with Crippen molar-refractivity contribution in [2.45, 2.75) is 0 Å². The van der Waals surface area contributed by atoms with Crippen LogP contribution in [0.4, 0.5) is 5.69 Å². The molecule has 2 aliphatic heterocycles. The Morgan fingerprint density at radius 3 is 1.23 bits per heavy atom. The van der Waals surface area contributed by atoms with Crippen LogP contribution in [0.2, 0.25) is 0 Å². The van der Waals surface area contributed by atoms with Crippen molar-refractivity contribution >= 4 is 52.1 Å². The molecule has 4 aromatic heterocycles. The van der Waals surface area contributed by atoms with Gasteiger partial charge in [0.15, 0.2) is 5.69 Å². The van der Waals surface area contributed by atoms with Crippen LogP contribution >= 0.6 is 0 Å². The smallest absolute Gasteiger partial charge is 0.319 e. The van der Waals surface area contributed by atoms with Gasteiger partial charge < -0.3 is 14.5 Å². The van der Waals surface area contributed by atoms with Crippen LogP contribution in [0.15, 0.2) is 158 Å². The van der Waals surface area contributed by atoms with Crippen molar-refractivity contribution in [1.82, 2.24) is 24.5 Å². The van der Waals surface area contributed by atoms with E-state index in [9.17, 15) is 10.1 Å². The van der Waals surface area contributed by atoms with Crippen molar-refractivity contribution in [2.24, 2.45) is 0 Å². The van der Waals surface area contributed by atoms with Gasteiger partial charge in [-0.05, 0) is 70.8 Å². The lowest BCUT2D eigenvalue weighted by molar-refractivity contribution is -0.382. The molecule has 2 aliphatic rings. The third kappa shape index (κ3) is 5.56. The minimum Gasteiger partial charge on any atom is -0.354 e. The number of aromatic amines is 2. The second kappa shape index (κ2) is 13.5. The Kier molecular flexibility index (Phi) is 7.92. The first kappa shape index (κ1) is 32.8. The molecule has 8 aromatic rings. The van der Waals surface area contributed by atoms with E-state index in [1.54, 1.807) is 0 Å². The number of fused-ring (bicyclic) bond motifs is 8. The van der Waals surface area contributed by atoms with Crippen molar-refractivity contribution in [3.63, 3.8) is 0 Å². The molecule has 0 spiro atoms. The first-order valence-electron chi connectivity index (χ1n) is 18.3. The first-order valence-corrected chi connectivity index (χ1v) is 18.3. The SMILES string of the molecule is O=[N+]([O-])c1c(-n2cccc2)c2[nH]c1c(-c1ccccc1)c1nc(c(-c3ccccc3)c3ccc([nH]3)c(-c3ccccc3)c3nc(c2-c2ccccc2)C=C3)C=C1. The highest BCUT2D eigenvalue weighted by Gasteiger charge is 2.30. The summed E-state index contributed by atoms with van der Waals surface area (Å²) in [5.74, 6) is 0. The topological polar surface area (TPSA) is 105 Å². The highest BCUT2D eigenvalue weighted by Crippen LogP contribution is 2.44. The Bertz CT molecular complexity index is 3020. The van der Waals surface area contributed by atoms with E-state index < -0.39 is 0 Å². The van der Waals surface area contributed by atoms with E-state index in [1.807, 2.05) is 150 Å². The average Bonchev–Trinajstić information content (AvgIpc) is 4.10. The maximum atomic E-state index is 13.6. The van der Waals surface area contributed by atoms with Crippen molar-refractivity contribution in [2.75, 3.05) is 0 Å². The Hall–Kier alpha value is -7.84. The van der Waals surface area contributed by atoms with Gasteiger partial charge in [-0.25, -0.2) is 9.97 Å². The van der Waals surface area contributed by atoms with Gasteiger partial charge in [-0.2, -0.15) is 0 Å². The van der Waals surface area contributed by atoms with Crippen molar-refractivity contribution in [3.05, 3.63) is 191 Å². The van der Waals surface area contributed by atoms with Crippen LogP contribution in [0.1, 0.15) is 22.8 Å². The van der Waals surface area contributed by atoms with E-state index >= 15 is 0 Å². The number of hydrogen-bond acceptors (Lipinski definition) is 4. The van der Waals surface area contributed by atoms with Crippen LogP contribution in [-0.2, 0) is 0 Å². The van der Waals surface area contributed by atoms with Gasteiger partial charge in [0.25, 0.3) is 0 Å². The quantitative estimate of drug-likeness (QED) is 0.131. The van der Waals surface area contributed by atoms with Gasteiger partial charge in [0.1, 0.15) is 5.52 Å². The lowest BCUT2D eigenvalue weighted by Gasteiger charge is -2.07. The summed E-state index contributed by atoms with van der Waals surface area (Å²) in [7, 11) is 0. The highest BCUT2D eigenvalue weighted by atomic mass is 16.6. The zero-order valence-corrected chi connectivity index (χ0v) is 29.9. The molecule has 0 saturated carbocycles. The number of H-pyrrole nitrogens is 2. The van der Waals surface area contributed by atoms with Gasteiger partial charge in [0.2, 0.25) is 0 Å². The molecule has 0 unspecified atom stereocenters. The molecule has 8 bridgehead atoms. The summed E-state index contributed by atoms with van der Waals surface area (Å²) >= 11 is 0. The Labute approximate surface area is 321 Å². The molecule has 6 heterocycles. The van der Waals surface area contributed by atoms with E-state index in [2.05, 4.69) is 46.4 Å². The summed E-state index contributed by atoms with van der Waals surface area (Å²) in [6, 6.07) is 48.0. The van der Waals surface area contributed by atoms with Gasteiger partial charge in [-0.15, -0.1) is 0 Å². The molecule has 56 heavy (non-hydrogen) atoms. The lowest BCUT2D eigenvalue weighted by atomic mass is 10.0. The van der Waals surface area contributed by atoms with Crippen LogP contribution in [-0.4, -0.2) is 29.4 Å². The van der Waals surface area contributed by atoms with Gasteiger partial charge >= 0.3 is 5.69 Å². The number of rotatable bonds is 6. The van der Waals surface area contributed by atoms with E-state index in [1.165, 1.54) is 0 Å². The monoisotopic (exact) mass is 724 g/mol. The molecular weight excluding hydrogens is 693 g/mol. The molecule has 4 aromatic carbocycles. The maximum absolute atomic E-state index is 13.6. The fourth-order valence-electron chi connectivity index (χ4n) is 7.87. The van der Waals surface area contributed by atoms with Crippen LogP contribution in [0.3, 0.4) is 0 Å². The van der Waals surface area contributed by atoms with Gasteiger partial charge in [0.05, 0.1) is 33.2 Å².